The van der Waals surface area contributed by atoms with Crippen molar-refractivity contribution in [1.82, 2.24) is 4.98 Å². The van der Waals surface area contributed by atoms with Crippen molar-refractivity contribution in [2.45, 2.75) is 19.2 Å². The number of nitro groups is 1. The number of nitro benzene ring substituents is 1. The number of aromatic nitrogens is 1. The summed E-state index contributed by atoms with van der Waals surface area (Å²) in [6, 6.07) is 2.77. The number of H-pyrrole nitrogens is 1. The monoisotopic (exact) mass is 350 g/mol. The molecule has 0 saturated carbocycles. The highest BCUT2D eigenvalue weighted by atomic mass is 32.2. The molecule has 0 fully saturated rings. The minimum absolute atomic E-state index is 0.0132. The normalized spacial score (nSPS) is 14.9. The average molecular weight is 350 g/mol. The van der Waals surface area contributed by atoms with Crippen LogP contribution >= 0.6 is 0 Å². The summed E-state index contributed by atoms with van der Waals surface area (Å²) in [6.45, 7) is 1.67. The van der Waals surface area contributed by atoms with Gasteiger partial charge in [0, 0.05) is 22.7 Å². The number of hydrogen-bond acceptors (Lipinski definition) is 4. The predicted molar refractivity (Wildman–Crippen MR) is 78.5 cm³/mol. The van der Waals surface area contributed by atoms with Crippen LogP contribution in [-0.4, -0.2) is 31.1 Å². The van der Waals surface area contributed by atoms with Crippen LogP contribution < -0.4 is 0 Å². The molecule has 0 saturated heterocycles. The molecule has 2 aromatic rings. The zero-order valence-corrected chi connectivity index (χ0v) is 12.7. The van der Waals surface area contributed by atoms with Gasteiger partial charge in [-0.2, -0.15) is 13.2 Å². The van der Waals surface area contributed by atoms with E-state index in [0.717, 1.165) is 6.07 Å². The smallest absolute Gasteiger partial charge is 0.423 e. The van der Waals surface area contributed by atoms with E-state index in [2.05, 4.69) is 4.98 Å². The van der Waals surface area contributed by atoms with E-state index in [9.17, 15) is 32.9 Å². The Bertz CT molecular complexity index is 732. The third kappa shape index (κ3) is 3.77. The molecular weight excluding hydrogens is 337 g/mol. The highest BCUT2D eigenvalue weighted by molar-refractivity contribution is 7.91. The van der Waals surface area contributed by atoms with Gasteiger partial charge in [-0.05, 0) is 19.1 Å². The molecule has 0 bridgehead atoms. The summed E-state index contributed by atoms with van der Waals surface area (Å²) in [5, 5.41) is 21.0. The first-order chi connectivity index (χ1) is 10.6. The molecule has 0 radical (unpaired) electrons. The lowest BCUT2D eigenvalue weighted by atomic mass is 10.1. The van der Waals surface area contributed by atoms with Gasteiger partial charge in [0.25, 0.3) is 5.69 Å². The fraction of sp³-hybridized carbons (Fsp3) is 0.385. The summed E-state index contributed by atoms with van der Waals surface area (Å²) < 4.78 is 50.2. The molecule has 6 nitrogen and oxygen atoms in total. The second-order valence-electron chi connectivity index (χ2n) is 4.85. The Morgan fingerprint density at radius 2 is 2.04 bits per heavy atom. The Morgan fingerprint density at radius 3 is 2.57 bits per heavy atom. The molecule has 2 atom stereocenters. The van der Waals surface area contributed by atoms with Gasteiger partial charge >= 0.3 is 6.18 Å². The Morgan fingerprint density at radius 1 is 1.39 bits per heavy atom. The van der Waals surface area contributed by atoms with Crippen LogP contribution in [0.15, 0.2) is 18.2 Å². The molecule has 23 heavy (non-hydrogen) atoms. The van der Waals surface area contributed by atoms with Crippen LogP contribution in [0.1, 0.15) is 24.3 Å². The van der Waals surface area contributed by atoms with Gasteiger partial charge in [-0.25, -0.2) is 0 Å². The fourth-order valence-electron chi connectivity index (χ4n) is 2.13. The number of rotatable bonds is 5. The lowest BCUT2D eigenvalue weighted by Gasteiger charge is -2.12. The SMILES string of the molecule is CC[S@@+]([O-])CC(O)c1cc2cc([N+](=O)[O-])c(C(F)(F)F)cc2[nH]1. The summed E-state index contributed by atoms with van der Waals surface area (Å²) in [7, 11) is 0. The lowest BCUT2D eigenvalue weighted by Crippen LogP contribution is -2.16. The average Bonchev–Trinajstić information content (AvgIpc) is 2.87. The maximum atomic E-state index is 12.9. The van der Waals surface area contributed by atoms with Crippen molar-refractivity contribution in [2.24, 2.45) is 0 Å². The van der Waals surface area contributed by atoms with Crippen LogP contribution in [0.25, 0.3) is 10.9 Å². The molecule has 0 aliphatic heterocycles. The molecular formula is C13H13F3N2O4S. The maximum absolute atomic E-state index is 12.9. The van der Waals surface area contributed by atoms with Crippen molar-refractivity contribution in [3.8, 4) is 0 Å². The van der Waals surface area contributed by atoms with Crippen molar-refractivity contribution in [2.75, 3.05) is 11.5 Å². The second kappa shape index (κ2) is 6.38. The van der Waals surface area contributed by atoms with Gasteiger partial charge in [-0.3, -0.25) is 10.1 Å². The van der Waals surface area contributed by atoms with E-state index >= 15 is 0 Å². The van der Waals surface area contributed by atoms with Gasteiger partial charge in [-0.15, -0.1) is 0 Å². The predicted octanol–water partition coefficient (Wildman–Crippen LogP) is 2.90. The molecule has 2 rings (SSSR count). The minimum Gasteiger partial charge on any atom is -0.616 e. The molecule has 1 aromatic heterocycles. The zero-order valence-electron chi connectivity index (χ0n) is 11.9. The Kier molecular flexibility index (Phi) is 4.87. The number of hydrogen-bond donors (Lipinski definition) is 2. The van der Waals surface area contributed by atoms with E-state index in [1.807, 2.05) is 0 Å². The molecule has 0 aliphatic rings. The third-order valence-electron chi connectivity index (χ3n) is 3.28. The summed E-state index contributed by atoms with van der Waals surface area (Å²) in [6.07, 6.45) is -6.03. The van der Waals surface area contributed by atoms with Crippen LogP contribution in [0.4, 0.5) is 18.9 Å². The number of alkyl halides is 3. The maximum Gasteiger partial charge on any atom is 0.423 e. The first kappa shape index (κ1) is 17.6. The molecule has 126 valence electrons. The topological polar surface area (TPSA) is 102 Å². The van der Waals surface area contributed by atoms with Gasteiger partial charge in [0.1, 0.15) is 23.2 Å². The number of aliphatic hydroxyl groups excluding tert-OH is 1. The van der Waals surface area contributed by atoms with Crippen LogP contribution in [-0.2, 0) is 17.4 Å². The van der Waals surface area contributed by atoms with Crippen molar-refractivity contribution >= 4 is 27.8 Å². The third-order valence-corrected chi connectivity index (χ3v) is 4.62. The molecule has 1 heterocycles. The number of nitrogens with zero attached hydrogens (tertiary/aromatic N) is 1. The van der Waals surface area contributed by atoms with E-state index in [-0.39, 0.29) is 22.3 Å². The number of aliphatic hydroxyl groups is 1. The number of benzene rings is 1. The van der Waals surface area contributed by atoms with Gasteiger partial charge < -0.3 is 14.6 Å². The van der Waals surface area contributed by atoms with Crippen LogP contribution in [0.5, 0.6) is 0 Å². The fourth-order valence-corrected chi connectivity index (χ4v) is 2.90. The number of fused-ring (bicyclic) bond motifs is 1. The summed E-state index contributed by atoms with van der Waals surface area (Å²) in [5.74, 6) is 0.262. The van der Waals surface area contributed by atoms with E-state index < -0.39 is 39.6 Å². The lowest BCUT2D eigenvalue weighted by molar-refractivity contribution is -0.387. The molecule has 0 aliphatic carbocycles. The van der Waals surface area contributed by atoms with E-state index in [4.69, 9.17) is 0 Å². The van der Waals surface area contributed by atoms with Crippen LogP contribution in [0, 0.1) is 10.1 Å². The Hall–Kier alpha value is -1.78. The molecule has 0 amide bonds. The number of nitrogens with one attached hydrogen (secondary N) is 1. The van der Waals surface area contributed by atoms with Crippen LogP contribution in [0.3, 0.4) is 0 Å². The van der Waals surface area contributed by atoms with Crippen LogP contribution in [0.2, 0.25) is 0 Å². The summed E-state index contributed by atoms with van der Waals surface area (Å²) in [4.78, 5) is 12.3. The van der Waals surface area contributed by atoms with Crippen molar-refractivity contribution in [1.29, 1.82) is 0 Å². The van der Waals surface area contributed by atoms with Crippen molar-refractivity contribution < 1.29 is 27.8 Å². The quantitative estimate of drug-likeness (QED) is 0.492. The zero-order chi connectivity index (χ0) is 17.4. The largest absolute Gasteiger partial charge is 0.616 e. The molecule has 10 heteroatoms. The molecule has 1 aromatic carbocycles. The molecule has 1 unspecified atom stereocenters. The van der Waals surface area contributed by atoms with E-state index in [1.54, 1.807) is 6.92 Å². The Balaban J connectivity index is 2.49. The molecule has 0 spiro atoms. The molecule has 2 N–H and O–H groups in total. The highest BCUT2D eigenvalue weighted by Gasteiger charge is 2.38. The van der Waals surface area contributed by atoms with Crippen molar-refractivity contribution in [3.05, 3.63) is 39.6 Å². The number of aromatic amines is 1. The summed E-state index contributed by atoms with van der Waals surface area (Å²) in [5.41, 5.74) is -2.24. The minimum atomic E-state index is -4.87. The highest BCUT2D eigenvalue weighted by Crippen LogP contribution is 2.38. The van der Waals surface area contributed by atoms with Gasteiger partial charge in [0.2, 0.25) is 0 Å². The summed E-state index contributed by atoms with van der Waals surface area (Å²) >= 11 is -1.27. The van der Waals surface area contributed by atoms with Gasteiger partial charge in [0.15, 0.2) is 0 Å². The standard InChI is InChI=1S/C13H13F3N2O4S/c1-2-23(22)6-12(19)10-3-7-4-11(18(20)21)8(13(14,15)16)5-9(7)17-10/h3-5,12,17,19H,2,6H2,1H3/t12?,23-/m1/s1. The number of halogens is 3. The van der Waals surface area contributed by atoms with Crippen molar-refractivity contribution in [3.63, 3.8) is 0 Å². The van der Waals surface area contributed by atoms with E-state index in [0.29, 0.717) is 11.8 Å². The first-order valence-electron chi connectivity index (χ1n) is 6.54. The van der Waals surface area contributed by atoms with Gasteiger partial charge in [-0.1, -0.05) is 11.2 Å². The first-order valence-corrected chi connectivity index (χ1v) is 8.03. The van der Waals surface area contributed by atoms with Gasteiger partial charge in [0.05, 0.1) is 4.92 Å². The van der Waals surface area contributed by atoms with E-state index in [1.165, 1.54) is 6.07 Å². The second-order valence-corrected chi connectivity index (χ2v) is 6.64. The Labute approximate surface area is 131 Å².